The van der Waals surface area contributed by atoms with Crippen molar-refractivity contribution >= 4 is 5.91 Å². The molecular formula is C18H24FN3O2. The Hall–Kier alpha value is -2.21. The van der Waals surface area contributed by atoms with E-state index in [1.807, 2.05) is 19.9 Å². The minimum absolute atomic E-state index is 0.195. The highest BCUT2D eigenvalue weighted by Gasteiger charge is 2.28. The molecule has 0 fully saturated rings. The Morgan fingerprint density at radius 2 is 1.92 bits per heavy atom. The molecule has 5 nitrogen and oxygen atoms in total. The molecule has 0 N–H and O–H groups in total. The van der Waals surface area contributed by atoms with E-state index in [0.29, 0.717) is 17.8 Å². The summed E-state index contributed by atoms with van der Waals surface area (Å²) in [5, 5.41) is 4.00. The number of likely N-dealkylation sites (N-methyl/N-ethyl adjacent to an activating group) is 2. The molecule has 1 aromatic carbocycles. The fourth-order valence-corrected chi connectivity index (χ4v) is 2.53. The molecule has 1 atom stereocenters. The average molecular weight is 333 g/mol. The van der Waals surface area contributed by atoms with Crippen LogP contribution in [0.1, 0.15) is 42.8 Å². The summed E-state index contributed by atoms with van der Waals surface area (Å²) in [6.45, 7) is 4.34. The van der Waals surface area contributed by atoms with E-state index in [1.165, 1.54) is 6.07 Å². The lowest BCUT2D eigenvalue weighted by atomic mass is 10.0. The lowest BCUT2D eigenvalue weighted by Gasteiger charge is -2.28. The molecule has 1 aromatic heterocycles. The number of halogens is 1. The van der Waals surface area contributed by atoms with Gasteiger partial charge in [-0.05, 0) is 20.2 Å². The number of hydrogen-bond donors (Lipinski definition) is 0. The summed E-state index contributed by atoms with van der Waals surface area (Å²) in [4.78, 5) is 16.1. The van der Waals surface area contributed by atoms with Crippen LogP contribution in [0, 0.1) is 5.82 Å². The van der Waals surface area contributed by atoms with E-state index in [-0.39, 0.29) is 17.6 Å². The fraction of sp³-hybridized carbons (Fsp3) is 0.444. The Balaban J connectivity index is 2.18. The van der Waals surface area contributed by atoms with Crippen LogP contribution in [0.5, 0.6) is 0 Å². The number of carbonyl (C=O) groups is 1. The summed E-state index contributed by atoms with van der Waals surface area (Å²) in [6, 6.07) is 7.51. The van der Waals surface area contributed by atoms with E-state index in [9.17, 15) is 9.18 Å². The Morgan fingerprint density at radius 1 is 1.25 bits per heavy atom. The second-order valence-electron chi connectivity index (χ2n) is 6.46. The van der Waals surface area contributed by atoms with Gasteiger partial charge in [-0.25, -0.2) is 4.39 Å². The van der Waals surface area contributed by atoms with Crippen molar-refractivity contribution in [2.75, 3.05) is 21.1 Å². The monoisotopic (exact) mass is 333 g/mol. The Morgan fingerprint density at radius 3 is 2.46 bits per heavy atom. The summed E-state index contributed by atoms with van der Waals surface area (Å²) in [7, 11) is 5.20. The summed E-state index contributed by atoms with van der Waals surface area (Å²) in [6.07, 6.45) is 0. The summed E-state index contributed by atoms with van der Waals surface area (Å²) >= 11 is 0. The van der Waals surface area contributed by atoms with Gasteiger partial charge in [-0.3, -0.25) is 9.69 Å². The highest BCUT2D eigenvalue weighted by atomic mass is 19.1. The molecule has 2 aromatic rings. The van der Waals surface area contributed by atoms with E-state index < -0.39 is 6.04 Å². The van der Waals surface area contributed by atoms with E-state index in [1.54, 1.807) is 49.1 Å². The summed E-state index contributed by atoms with van der Waals surface area (Å²) in [5.41, 5.74) is 1.04. The maximum absolute atomic E-state index is 14.1. The molecule has 0 aliphatic rings. The van der Waals surface area contributed by atoms with Crippen LogP contribution >= 0.6 is 0 Å². The molecule has 0 saturated heterocycles. The minimum atomic E-state index is -0.687. The average Bonchev–Trinajstić information content (AvgIpc) is 2.97. The van der Waals surface area contributed by atoms with Gasteiger partial charge in [-0.2, -0.15) is 0 Å². The van der Waals surface area contributed by atoms with Crippen LogP contribution in [-0.4, -0.2) is 42.0 Å². The van der Waals surface area contributed by atoms with Crippen molar-refractivity contribution in [3.8, 4) is 0 Å². The van der Waals surface area contributed by atoms with Gasteiger partial charge in [0.25, 0.3) is 0 Å². The Labute approximate surface area is 142 Å². The molecule has 0 spiro atoms. The highest BCUT2D eigenvalue weighted by molar-refractivity contribution is 5.83. The zero-order valence-corrected chi connectivity index (χ0v) is 14.8. The third-order valence-corrected chi connectivity index (χ3v) is 3.87. The van der Waals surface area contributed by atoms with Gasteiger partial charge in [-0.1, -0.05) is 37.2 Å². The standard InChI is InChI=1S/C18H24FN3O2/c1-12(2)16-10-13(20-24-16)11-22(5)18(23)17(21(3)4)14-8-6-7-9-15(14)19/h6-10,12,17H,11H2,1-5H3. The first-order valence-corrected chi connectivity index (χ1v) is 7.92. The Bertz CT molecular complexity index is 697. The van der Waals surface area contributed by atoms with Crippen molar-refractivity contribution in [3.05, 3.63) is 53.2 Å². The molecule has 0 saturated carbocycles. The first-order chi connectivity index (χ1) is 11.3. The molecule has 1 unspecified atom stereocenters. The van der Waals surface area contributed by atoms with Crippen LogP contribution in [-0.2, 0) is 11.3 Å². The first kappa shape index (κ1) is 18.1. The summed E-state index contributed by atoms with van der Waals surface area (Å²) in [5.74, 6) is 0.435. The lowest BCUT2D eigenvalue weighted by molar-refractivity contribution is -0.135. The van der Waals surface area contributed by atoms with Gasteiger partial charge in [-0.15, -0.1) is 0 Å². The fourth-order valence-electron chi connectivity index (χ4n) is 2.53. The number of benzene rings is 1. The first-order valence-electron chi connectivity index (χ1n) is 7.92. The molecule has 2 rings (SSSR count). The number of aromatic nitrogens is 1. The van der Waals surface area contributed by atoms with Crippen LogP contribution in [0.25, 0.3) is 0 Å². The van der Waals surface area contributed by atoms with Crippen LogP contribution in [0.4, 0.5) is 4.39 Å². The zero-order chi connectivity index (χ0) is 17.9. The quantitative estimate of drug-likeness (QED) is 0.814. The number of hydrogen-bond acceptors (Lipinski definition) is 4. The van der Waals surface area contributed by atoms with Gasteiger partial charge in [0.2, 0.25) is 5.91 Å². The molecule has 130 valence electrons. The van der Waals surface area contributed by atoms with Gasteiger partial charge in [0.05, 0.1) is 6.54 Å². The van der Waals surface area contributed by atoms with E-state index >= 15 is 0 Å². The molecule has 0 aliphatic carbocycles. The third kappa shape index (κ3) is 4.00. The lowest BCUT2D eigenvalue weighted by Crippen LogP contribution is -2.38. The topological polar surface area (TPSA) is 49.6 Å². The highest BCUT2D eigenvalue weighted by Crippen LogP contribution is 2.24. The molecule has 0 aliphatic heterocycles. The van der Waals surface area contributed by atoms with Gasteiger partial charge in [0.15, 0.2) is 0 Å². The molecule has 6 heteroatoms. The van der Waals surface area contributed by atoms with Crippen LogP contribution in [0.2, 0.25) is 0 Å². The molecular weight excluding hydrogens is 309 g/mol. The SMILES string of the molecule is CC(C)c1cc(CN(C)C(=O)C(c2ccccc2F)N(C)C)no1. The molecule has 0 radical (unpaired) electrons. The van der Waals surface area contributed by atoms with Crippen LogP contribution in [0.15, 0.2) is 34.9 Å². The van der Waals surface area contributed by atoms with E-state index in [2.05, 4.69) is 5.16 Å². The number of nitrogens with zero attached hydrogens (tertiary/aromatic N) is 3. The van der Waals surface area contributed by atoms with Gasteiger partial charge in [0, 0.05) is 24.6 Å². The van der Waals surface area contributed by atoms with Crippen molar-refractivity contribution in [1.29, 1.82) is 0 Å². The normalized spacial score (nSPS) is 12.7. The molecule has 24 heavy (non-hydrogen) atoms. The van der Waals surface area contributed by atoms with E-state index in [4.69, 9.17) is 4.52 Å². The number of amides is 1. The molecule has 0 bridgehead atoms. The second-order valence-corrected chi connectivity index (χ2v) is 6.46. The predicted molar refractivity (Wildman–Crippen MR) is 89.9 cm³/mol. The van der Waals surface area contributed by atoms with Gasteiger partial charge in [0.1, 0.15) is 23.3 Å². The van der Waals surface area contributed by atoms with E-state index in [0.717, 1.165) is 5.76 Å². The largest absolute Gasteiger partial charge is 0.361 e. The van der Waals surface area contributed by atoms with Crippen LogP contribution in [0.3, 0.4) is 0 Å². The smallest absolute Gasteiger partial charge is 0.244 e. The summed E-state index contributed by atoms with van der Waals surface area (Å²) < 4.78 is 19.4. The minimum Gasteiger partial charge on any atom is -0.361 e. The van der Waals surface area contributed by atoms with Crippen molar-refractivity contribution in [3.63, 3.8) is 0 Å². The number of rotatable bonds is 6. The van der Waals surface area contributed by atoms with Crippen molar-refractivity contribution < 1.29 is 13.7 Å². The van der Waals surface area contributed by atoms with Crippen molar-refractivity contribution in [1.82, 2.24) is 15.0 Å². The number of carbonyl (C=O) groups excluding carboxylic acids is 1. The second kappa shape index (κ2) is 7.57. The van der Waals surface area contributed by atoms with Gasteiger partial charge < -0.3 is 9.42 Å². The predicted octanol–water partition coefficient (Wildman–Crippen LogP) is 3.20. The molecule has 1 heterocycles. The Kier molecular flexibility index (Phi) is 5.72. The molecule has 1 amide bonds. The van der Waals surface area contributed by atoms with Gasteiger partial charge >= 0.3 is 0 Å². The maximum Gasteiger partial charge on any atom is 0.244 e. The van der Waals surface area contributed by atoms with Crippen LogP contribution < -0.4 is 0 Å². The third-order valence-electron chi connectivity index (χ3n) is 3.87. The van der Waals surface area contributed by atoms with Crippen molar-refractivity contribution in [2.45, 2.75) is 32.4 Å². The zero-order valence-electron chi connectivity index (χ0n) is 14.8. The van der Waals surface area contributed by atoms with Crippen molar-refractivity contribution in [2.24, 2.45) is 0 Å². The maximum atomic E-state index is 14.1.